The molecule has 42 heavy (non-hydrogen) atoms. The third kappa shape index (κ3) is 6.33. The molecule has 2 aromatic carbocycles. The lowest BCUT2D eigenvalue weighted by Gasteiger charge is -2.22. The van der Waals surface area contributed by atoms with E-state index >= 15 is 0 Å². The molecule has 1 aromatic heterocycles. The number of aromatic nitrogens is 2. The van der Waals surface area contributed by atoms with E-state index in [0.29, 0.717) is 58.1 Å². The lowest BCUT2D eigenvalue weighted by atomic mass is 9.98. The van der Waals surface area contributed by atoms with Crippen molar-refractivity contribution >= 4 is 44.2 Å². The number of nitrogens with two attached hydrogens (primary N) is 1. The lowest BCUT2D eigenvalue weighted by molar-refractivity contribution is -0.127. The molecule has 0 bridgehead atoms. The van der Waals surface area contributed by atoms with Crippen LogP contribution in [0.25, 0.3) is 28.1 Å². The van der Waals surface area contributed by atoms with Crippen LogP contribution in [0.3, 0.4) is 0 Å². The van der Waals surface area contributed by atoms with Crippen molar-refractivity contribution in [2.24, 2.45) is 17.8 Å². The Morgan fingerprint density at radius 3 is 2.40 bits per heavy atom. The maximum Gasteiger partial charge on any atom is 0.331 e. The number of hydrogen-bond donors (Lipinski definition) is 1. The third-order valence-electron chi connectivity index (χ3n) is 7.21. The highest BCUT2D eigenvalue weighted by Gasteiger charge is 2.23. The van der Waals surface area contributed by atoms with Gasteiger partial charge in [0, 0.05) is 50.5 Å². The number of sulfone groups is 1. The van der Waals surface area contributed by atoms with Crippen LogP contribution in [0.4, 0.5) is 5.69 Å². The Hall–Kier alpha value is -4.19. The van der Waals surface area contributed by atoms with Crippen molar-refractivity contribution in [2.45, 2.75) is 39.7 Å². The first-order valence-electron chi connectivity index (χ1n) is 13.8. The van der Waals surface area contributed by atoms with Crippen LogP contribution < -0.4 is 21.7 Å². The highest BCUT2D eigenvalue weighted by molar-refractivity contribution is 7.90. The maximum atomic E-state index is 13.4. The summed E-state index contributed by atoms with van der Waals surface area (Å²) in [6, 6.07) is 8.74. The van der Waals surface area contributed by atoms with Gasteiger partial charge in [-0.05, 0) is 54.3 Å². The van der Waals surface area contributed by atoms with Gasteiger partial charge in [0.2, 0.25) is 5.91 Å². The summed E-state index contributed by atoms with van der Waals surface area (Å²) in [5.41, 5.74) is 8.64. The molecular weight excluding hydrogens is 558 g/mol. The number of carbonyl (C=O) groups excluding carboxylic acids is 1. The fourth-order valence-corrected chi connectivity index (χ4v) is 5.65. The molecule has 0 saturated heterocycles. The highest BCUT2D eigenvalue weighted by atomic mass is 32.2. The molecule has 4 rings (SSSR count). The molecule has 12 heteroatoms. The molecule has 224 valence electrons. The van der Waals surface area contributed by atoms with E-state index in [9.17, 15) is 22.8 Å². The lowest BCUT2D eigenvalue weighted by Crippen LogP contribution is -2.40. The summed E-state index contributed by atoms with van der Waals surface area (Å²) >= 11 is 0. The van der Waals surface area contributed by atoms with Crippen LogP contribution in [0.1, 0.15) is 38.7 Å². The van der Waals surface area contributed by atoms with Crippen LogP contribution in [0.2, 0.25) is 0 Å². The molecule has 0 aliphatic carbocycles. The van der Waals surface area contributed by atoms with Gasteiger partial charge in [-0.25, -0.2) is 18.2 Å². The van der Waals surface area contributed by atoms with Crippen molar-refractivity contribution in [3.63, 3.8) is 0 Å². The number of methoxy groups -OCH3 is 1. The molecule has 3 aromatic rings. The second-order valence-electron chi connectivity index (χ2n) is 10.5. The summed E-state index contributed by atoms with van der Waals surface area (Å²) < 4.78 is 31.3. The number of nitrogens with zero attached hydrogens (tertiary/aromatic N) is 4. The van der Waals surface area contributed by atoms with E-state index in [-0.39, 0.29) is 30.0 Å². The van der Waals surface area contributed by atoms with Gasteiger partial charge in [0.05, 0.1) is 29.5 Å². The zero-order valence-electron chi connectivity index (χ0n) is 24.6. The molecule has 1 aliphatic heterocycles. The number of aryl methyl sites for hydroxylation is 1. The minimum atomic E-state index is -3.37. The molecule has 0 unspecified atom stereocenters. The number of benzene rings is 2. The Morgan fingerprint density at radius 2 is 1.79 bits per heavy atom. The van der Waals surface area contributed by atoms with Crippen molar-refractivity contribution in [1.29, 1.82) is 0 Å². The van der Waals surface area contributed by atoms with E-state index in [4.69, 9.17) is 10.5 Å². The Labute approximate surface area is 244 Å². The summed E-state index contributed by atoms with van der Waals surface area (Å²) in [5.74, 6) is 0.403. The van der Waals surface area contributed by atoms with Gasteiger partial charge in [0.1, 0.15) is 21.4 Å². The van der Waals surface area contributed by atoms with Crippen molar-refractivity contribution in [2.75, 3.05) is 32.2 Å². The van der Waals surface area contributed by atoms with Gasteiger partial charge in [-0.3, -0.25) is 18.7 Å². The van der Waals surface area contributed by atoms with E-state index in [2.05, 4.69) is 4.99 Å². The van der Waals surface area contributed by atoms with Crippen molar-refractivity contribution in [1.82, 2.24) is 14.0 Å². The fourth-order valence-electron chi connectivity index (χ4n) is 5.14. The number of hydrogen-bond acceptors (Lipinski definition) is 8. The van der Waals surface area contributed by atoms with Gasteiger partial charge in [-0.1, -0.05) is 19.9 Å². The molecule has 1 aliphatic rings. The van der Waals surface area contributed by atoms with Gasteiger partial charge in [-0.2, -0.15) is 0 Å². The number of fused-ring (bicyclic) bond motifs is 2. The summed E-state index contributed by atoms with van der Waals surface area (Å²) in [7, 11) is -0.291. The SMILES string of the molecule is CCCN(CCC)C(=O)C1=Cc2c(cc(-c3ccc4c(=O)n(CCS(C)(=O)=O)c(=O)n(C)c4c3)cc2OC)N=C(N)C1. The van der Waals surface area contributed by atoms with Crippen LogP contribution in [-0.2, 0) is 28.2 Å². The van der Waals surface area contributed by atoms with E-state index in [1.807, 2.05) is 30.9 Å². The largest absolute Gasteiger partial charge is 0.496 e. The van der Waals surface area contributed by atoms with Gasteiger partial charge >= 0.3 is 5.69 Å². The monoisotopic (exact) mass is 595 g/mol. The minimum absolute atomic E-state index is 0.0755. The number of aliphatic imine (C=N–C) groups is 1. The Bertz CT molecular complexity index is 1830. The Kier molecular flexibility index (Phi) is 9.05. The smallest absolute Gasteiger partial charge is 0.331 e. The first-order chi connectivity index (χ1) is 19.9. The normalized spacial score (nSPS) is 13.3. The molecule has 0 saturated carbocycles. The van der Waals surface area contributed by atoms with Crippen molar-refractivity contribution < 1.29 is 17.9 Å². The van der Waals surface area contributed by atoms with Crippen LogP contribution in [0.5, 0.6) is 5.75 Å². The quantitative estimate of drug-likeness (QED) is 0.379. The summed E-state index contributed by atoms with van der Waals surface area (Å²) in [4.78, 5) is 46.0. The first kappa shape index (κ1) is 30.8. The second-order valence-corrected chi connectivity index (χ2v) is 12.8. The topological polar surface area (TPSA) is 146 Å². The third-order valence-corrected chi connectivity index (χ3v) is 8.14. The number of ether oxygens (including phenoxy) is 1. The summed E-state index contributed by atoms with van der Waals surface area (Å²) in [6.45, 7) is 5.14. The van der Waals surface area contributed by atoms with Crippen LogP contribution >= 0.6 is 0 Å². The molecule has 1 amide bonds. The molecule has 0 spiro atoms. The molecule has 11 nitrogen and oxygen atoms in total. The van der Waals surface area contributed by atoms with Crippen molar-refractivity contribution in [3.05, 3.63) is 62.3 Å². The van der Waals surface area contributed by atoms with Gasteiger partial charge in [0.15, 0.2) is 0 Å². The number of carbonyl (C=O) groups is 1. The number of rotatable bonds is 10. The number of amides is 1. The van der Waals surface area contributed by atoms with Gasteiger partial charge in [0.25, 0.3) is 5.56 Å². The molecule has 2 heterocycles. The van der Waals surface area contributed by atoms with Crippen LogP contribution in [0, 0.1) is 0 Å². The maximum absolute atomic E-state index is 13.4. The summed E-state index contributed by atoms with van der Waals surface area (Å²) in [6.07, 6.45) is 4.75. The first-order valence-corrected chi connectivity index (χ1v) is 15.9. The second kappa shape index (κ2) is 12.4. The Balaban J connectivity index is 1.82. The average molecular weight is 596 g/mol. The standard InChI is InChI=1S/C30H37N5O6S/c1-6-10-34(11-7-2)28(36)21-14-23-24(32-27(31)18-21)15-20(17-26(23)41-4)19-8-9-22-25(16-19)33(3)30(38)35(29(22)37)12-13-42(5,39)40/h8-9,14-17H,6-7,10-13,18H2,1-5H3,(H2,31,32). The highest BCUT2D eigenvalue weighted by Crippen LogP contribution is 2.39. The van der Waals surface area contributed by atoms with E-state index in [1.54, 1.807) is 24.3 Å². The predicted molar refractivity (Wildman–Crippen MR) is 166 cm³/mol. The minimum Gasteiger partial charge on any atom is -0.496 e. The van der Waals surface area contributed by atoms with Gasteiger partial charge < -0.3 is 15.4 Å². The Morgan fingerprint density at radius 1 is 1.10 bits per heavy atom. The van der Waals surface area contributed by atoms with E-state index in [1.165, 1.54) is 18.7 Å². The fraction of sp³-hybridized carbons (Fsp3) is 0.400. The zero-order valence-corrected chi connectivity index (χ0v) is 25.5. The average Bonchev–Trinajstić information content (AvgIpc) is 3.12. The van der Waals surface area contributed by atoms with Gasteiger partial charge in [-0.15, -0.1) is 0 Å². The van der Waals surface area contributed by atoms with Crippen LogP contribution in [-0.4, -0.2) is 66.4 Å². The number of amidine groups is 1. The molecule has 0 fully saturated rings. The summed E-state index contributed by atoms with van der Waals surface area (Å²) in [5, 5.41) is 0.285. The van der Waals surface area contributed by atoms with E-state index in [0.717, 1.165) is 23.7 Å². The molecule has 0 atom stereocenters. The van der Waals surface area contributed by atoms with Crippen LogP contribution in [0.15, 0.2) is 50.5 Å². The zero-order chi connectivity index (χ0) is 30.8. The van der Waals surface area contributed by atoms with Crippen molar-refractivity contribution in [3.8, 4) is 16.9 Å². The molecule has 0 radical (unpaired) electrons. The van der Waals surface area contributed by atoms with E-state index < -0.39 is 21.1 Å². The predicted octanol–water partition coefficient (Wildman–Crippen LogP) is 2.84. The molecule has 2 N–H and O–H groups in total. The molecular formula is C30H37N5O6S.